The summed E-state index contributed by atoms with van der Waals surface area (Å²) >= 11 is 1.32. The Morgan fingerprint density at radius 3 is 2.33 bits per heavy atom. The van der Waals surface area contributed by atoms with E-state index in [0.29, 0.717) is 45.6 Å². The van der Waals surface area contributed by atoms with Crippen LogP contribution in [0.2, 0.25) is 0 Å². The fourth-order valence-corrected chi connectivity index (χ4v) is 4.47. The first-order valence-electron chi connectivity index (χ1n) is 11.3. The molecule has 3 aromatic heterocycles. The van der Waals surface area contributed by atoms with Crippen molar-refractivity contribution in [3.8, 4) is 22.9 Å². The molecule has 0 spiro atoms. The van der Waals surface area contributed by atoms with E-state index in [-0.39, 0.29) is 11.4 Å². The third-order valence-electron chi connectivity index (χ3n) is 5.58. The van der Waals surface area contributed by atoms with Crippen molar-refractivity contribution in [2.24, 2.45) is 0 Å². The zero-order chi connectivity index (χ0) is 24.3. The van der Waals surface area contributed by atoms with Crippen LogP contribution >= 0.6 is 11.8 Å². The van der Waals surface area contributed by atoms with Gasteiger partial charge in [-0.05, 0) is 11.6 Å². The van der Waals surface area contributed by atoms with Crippen LogP contribution in [0.15, 0.2) is 110 Å². The Morgan fingerprint density at radius 1 is 0.806 bits per heavy atom. The normalized spacial score (nSPS) is 11.2. The van der Waals surface area contributed by atoms with E-state index >= 15 is 0 Å². The average molecular weight is 494 g/mol. The van der Waals surface area contributed by atoms with Crippen LogP contribution in [0.5, 0.6) is 0 Å². The van der Waals surface area contributed by atoms with Crippen LogP contribution in [0.25, 0.3) is 33.7 Å². The van der Waals surface area contributed by atoms with Gasteiger partial charge in [0.05, 0.1) is 23.9 Å². The molecule has 3 heterocycles. The molecule has 0 N–H and O–H groups in total. The Kier molecular flexibility index (Phi) is 5.88. The summed E-state index contributed by atoms with van der Waals surface area (Å²) in [6, 6.07) is 26.8. The molecule has 0 saturated carbocycles. The van der Waals surface area contributed by atoms with E-state index in [1.165, 1.54) is 16.4 Å². The number of nitrogens with zero attached hydrogens (tertiary/aromatic N) is 5. The summed E-state index contributed by atoms with van der Waals surface area (Å²) in [5.74, 6) is 1.93. The number of thioether (sulfide) groups is 1. The number of rotatable bonds is 7. The van der Waals surface area contributed by atoms with Gasteiger partial charge in [-0.2, -0.15) is 5.10 Å². The second-order valence-electron chi connectivity index (χ2n) is 7.99. The monoisotopic (exact) mass is 493 g/mol. The summed E-state index contributed by atoms with van der Waals surface area (Å²) in [7, 11) is 0. The smallest absolute Gasteiger partial charge is 0.277 e. The third kappa shape index (κ3) is 4.44. The second-order valence-corrected chi connectivity index (χ2v) is 8.92. The number of fused-ring (bicyclic) bond motifs is 1. The lowest BCUT2D eigenvalue weighted by atomic mass is 10.1. The highest BCUT2D eigenvalue weighted by atomic mass is 32.2. The summed E-state index contributed by atoms with van der Waals surface area (Å²) in [6.45, 7) is 0.334. The Labute approximate surface area is 209 Å². The zero-order valence-electron chi connectivity index (χ0n) is 18.9. The Hall–Kier alpha value is -4.50. The molecule has 0 aliphatic carbocycles. The molecule has 36 heavy (non-hydrogen) atoms. The Balaban J connectivity index is 1.27. The van der Waals surface area contributed by atoms with Crippen LogP contribution in [-0.4, -0.2) is 25.0 Å². The van der Waals surface area contributed by atoms with Crippen LogP contribution in [0.4, 0.5) is 0 Å². The summed E-state index contributed by atoms with van der Waals surface area (Å²) < 4.78 is 13.2. The van der Waals surface area contributed by atoms with Gasteiger partial charge in [0.1, 0.15) is 0 Å². The highest BCUT2D eigenvalue weighted by molar-refractivity contribution is 7.98. The van der Waals surface area contributed by atoms with Crippen LogP contribution in [-0.2, 0) is 12.3 Å². The molecule has 176 valence electrons. The van der Waals surface area contributed by atoms with E-state index in [1.807, 2.05) is 78.9 Å². The maximum atomic E-state index is 13.1. The molecule has 0 atom stereocenters. The Bertz CT molecular complexity index is 1690. The molecule has 0 bridgehead atoms. The second kappa shape index (κ2) is 9.63. The van der Waals surface area contributed by atoms with Gasteiger partial charge >= 0.3 is 0 Å². The first kappa shape index (κ1) is 22.0. The number of hydrogen-bond acceptors (Lipinski definition) is 8. The first-order valence-corrected chi connectivity index (χ1v) is 12.2. The summed E-state index contributed by atoms with van der Waals surface area (Å²) in [4.78, 5) is 17.4. The minimum absolute atomic E-state index is 0.176. The quantitative estimate of drug-likeness (QED) is 0.271. The van der Waals surface area contributed by atoms with Crippen molar-refractivity contribution in [3.05, 3.63) is 113 Å². The molecule has 0 amide bonds. The molecule has 0 fully saturated rings. The molecule has 0 saturated heterocycles. The topological polar surface area (TPSA) is 99.8 Å². The van der Waals surface area contributed by atoms with Crippen molar-refractivity contribution in [1.82, 2.24) is 25.0 Å². The maximum absolute atomic E-state index is 13.1. The van der Waals surface area contributed by atoms with Gasteiger partial charge in [-0.25, -0.2) is 9.67 Å². The standard InChI is InChI=1S/C27H19N5O3S/c33-26-21-14-8-7-13-20(21)24(31-32(26)16-18-9-3-1-4-10-18)25-29-30-27(35-25)36-17-23-28-15-22(34-23)19-11-5-2-6-12-19/h1-15H,16-17H2. The van der Waals surface area contributed by atoms with Crippen molar-refractivity contribution < 1.29 is 8.83 Å². The van der Waals surface area contributed by atoms with Gasteiger partial charge in [0.2, 0.25) is 5.89 Å². The maximum Gasteiger partial charge on any atom is 0.277 e. The van der Waals surface area contributed by atoms with Crippen molar-refractivity contribution in [2.75, 3.05) is 0 Å². The lowest BCUT2D eigenvalue weighted by molar-refractivity contribution is 0.461. The van der Waals surface area contributed by atoms with Crippen LogP contribution < -0.4 is 5.56 Å². The average Bonchev–Trinajstić information content (AvgIpc) is 3.60. The fourth-order valence-electron chi connectivity index (χ4n) is 3.86. The SMILES string of the molecule is O=c1c2ccccc2c(-c2nnc(SCc3ncc(-c4ccccc4)o3)o2)nn1Cc1ccccc1. The molecular weight excluding hydrogens is 474 g/mol. The van der Waals surface area contributed by atoms with E-state index in [1.54, 1.807) is 12.3 Å². The van der Waals surface area contributed by atoms with Crippen LogP contribution in [0.1, 0.15) is 11.5 Å². The largest absolute Gasteiger partial charge is 0.440 e. The zero-order valence-corrected chi connectivity index (χ0v) is 19.8. The molecule has 0 unspecified atom stereocenters. The molecular formula is C27H19N5O3S. The molecule has 3 aromatic carbocycles. The van der Waals surface area contributed by atoms with Gasteiger partial charge in [0.15, 0.2) is 11.5 Å². The van der Waals surface area contributed by atoms with E-state index < -0.39 is 0 Å². The number of hydrogen-bond donors (Lipinski definition) is 0. The minimum Gasteiger partial charge on any atom is -0.440 e. The van der Waals surface area contributed by atoms with Crippen molar-refractivity contribution >= 4 is 22.5 Å². The molecule has 0 aliphatic rings. The van der Waals surface area contributed by atoms with E-state index in [2.05, 4.69) is 20.3 Å². The molecule has 6 aromatic rings. The van der Waals surface area contributed by atoms with Crippen molar-refractivity contribution in [3.63, 3.8) is 0 Å². The molecule has 9 heteroatoms. The van der Waals surface area contributed by atoms with E-state index in [0.717, 1.165) is 11.1 Å². The predicted molar refractivity (Wildman–Crippen MR) is 136 cm³/mol. The van der Waals surface area contributed by atoms with Gasteiger partial charge in [0.25, 0.3) is 16.7 Å². The summed E-state index contributed by atoms with van der Waals surface area (Å²) in [5, 5.41) is 14.5. The number of benzene rings is 3. The molecule has 8 nitrogen and oxygen atoms in total. The van der Waals surface area contributed by atoms with Gasteiger partial charge in [-0.15, -0.1) is 10.2 Å². The van der Waals surface area contributed by atoms with E-state index in [9.17, 15) is 4.79 Å². The van der Waals surface area contributed by atoms with Gasteiger partial charge in [-0.1, -0.05) is 90.6 Å². The number of oxazole rings is 1. The Morgan fingerprint density at radius 2 is 1.53 bits per heavy atom. The molecule has 6 rings (SSSR count). The lowest BCUT2D eigenvalue weighted by Crippen LogP contribution is -2.24. The minimum atomic E-state index is -0.176. The molecule has 0 aliphatic heterocycles. The van der Waals surface area contributed by atoms with Crippen LogP contribution in [0.3, 0.4) is 0 Å². The summed E-state index contributed by atoms with van der Waals surface area (Å²) in [5.41, 5.74) is 2.22. The van der Waals surface area contributed by atoms with Gasteiger partial charge in [0, 0.05) is 10.9 Å². The first-order chi connectivity index (χ1) is 17.7. The van der Waals surface area contributed by atoms with Crippen molar-refractivity contribution in [1.29, 1.82) is 0 Å². The third-order valence-corrected chi connectivity index (χ3v) is 6.39. The van der Waals surface area contributed by atoms with Gasteiger partial charge in [-0.3, -0.25) is 4.79 Å². The highest BCUT2D eigenvalue weighted by Gasteiger charge is 2.18. The summed E-state index contributed by atoms with van der Waals surface area (Å²) in [6.07, 6.45) is 1.70. The highest BCUT2D eigenvalue weighted by Crippen LogP contribution is 2.29. The van der Waals surface area contributed by atoms with E-state index in [4.69, 9.17) is 8.83 Å². The fraction of sp³-hybridized carbons (Fsp3) is 0.0741. The lowest BCUT2D eigenvalue weighted by Gasteiger charge is -2.09. The van der Waals surface area contributed by atoms with Gasteiger partial charge < -0.3 is 8.83 Å². The number of aromatic nitrogens is 5. The van der Waals surface area contributed by atoms with Crippen molar-refractivity contribution in [2.45, 2.75) is 17.5 Å². The van der Waals surface area contributed by atoms with Crippen LogP contribution in [0, 0.1) is 0 Å². The molecule has 0 radical (unpaired) electrons. The predicted octanol–water partition coefficient (Wildman–Crippen LogP) is 5.44.